The highest BCUT2D eigenvalue weighted by atomic mass is 19.1. The molecule has 0 aliphatic rings. The summed E-state index contributed by atoms with van der Waals surface area (Å²) in [5.74, 6) is -0.587. The first-order chi connectivity index (χ1) is 9.20. The van der Waals surface area contributed by atoms with Crippen LogP contribution in [0, 0.1) is 24.1 Å². The Morgan fingerprint density at radius 2 is 1.95 bits per heavy atom. The molecule has 0 aliphatic heterocycles. The van der Waals surface area contributed by atoms with Crippen molar-refractivity contribution in [3.63, 3.8) is 0 Å². The molecule has 0 saturated heterocycles. The standard InChI is InChI=1S/C16H15FN2/c1-12-7-8-15(17)16(9-12)19-11-14(10-18)13-5-3-2-4-6-13/h2-9,14,19H,11H2,1H3. The number of aryl methyl sites for hydroxylation is 1. The van der Waals surface area contributed by atoms with Crippen molar-refractivity contribution in [2.75, 3.05) is 11.9 Å². The molecule has 3 heteroatoms. The van der Waals surface area contributed by atoms with Gasteiger partial charge in [-0.3, -0.25) is 0 Å². The van der Waals surface area contributed by atoms with Crippen LogP contribution in [0.5, 0.6) is 0 Å². The molecule has 96 valence electrons. The summed E-state index contributed by atoms with van der Waals surface area (Å²) in [5.41, 5.74) is 2.36. The van der Waals surface area contributed by atoms with E-state index in [2.05, 4.69) is 11.4 Å². The summed E-state index contributed by atoms with van der Waals surface area (Å²) in [6.07, 6.45) is 0. The maximum atomic E-state index is 13.6. The molecule has 2 aromatic rings. The SMILES string of the molecule is Cc1ccc(F)c(NCC(C#N)c2ccccc2)c1. The predicted octanol–water partition coefficient (Wildman–Crippen LogP) is 3.85. The first-order valence-electron chi connectivity index (χ1n) is 6.15. The highest BCUT2D eigenvalue weighted by Gasteiger charge is 2.11. The third-order valence-electron chi connectivity index (χ3n) is 2.98. The van der Waals surface area contributed by atoms with Gasteiger partial charge < -0.3 is 5.32 Å². The minimum Gasteiger partial charge on any atom is -0.381 e. The van der Waals surface area contributed by atoms with Gasteiger partial charge in [-0.2, -0.15) is 5.26 Å². The average molecular weight is 254 g/mol. The van der Waals surface area contributed by atoms with Crippen LogP contribution in [0.3, 0.4) is 0 Å². The molecule has 0 bridgehead atoms. The molecule has 0 amide bonds. The van der Waals surface area contributed by atoms with Crippen LogP contribution < -0.4 is 5.32 Å². The number of nitrogens with zero attached hydrogens (tertiary/aromatic N) is 1. The van der Waals surface area contributed by atoms with Crippen molar-refractivity contribution in [1.29, 1.82) is 5.26 Å². The third kappa shape index (κ3) is 3.32. The summed E-state index contributed by atoms with van der Waals surface area (Å²) in [6.45, 7) is 2.30. The number of anilines is 1. The van der Waals surface area contributed by atoms with Crippen molar-refractivity contribution in [1.82, 2.24) is 0 Å². The molecular weight excluding hydrogens is 239 g/mol. The molecule has 2 nitrogen and oxygen atoms in total. The van der Waals surface area contributed by atoms with Crippen LogP contribution in [0.1, 0.15) is 17.0 Å². The highest BCUT2D eigenvalue weighted by molar-refractivity contribution is 5.47. The van der Waals surface area contributed by atoms with Crippen molar-refractivity contribution in [2.24, 2.45) is 0 Å². The number of nitriles is 1. The van der Waals surface area contributed by atoms with E-state index < -0.39 is 0 Å². The lowest BCUT2D eigenvalue weighted by molar-refractivity contribution is 0.629. The smallest absolute Gasteiger partial charge is 0.146 e. The molecule has 2 rings (SSSR count). The molecule has 0 heterocycles. The molecule has 19 heavy (non-hydrogen) atoms. The molecule has 1 N–H and O–H groups in total. The molecule has 0 aromatic heterocycles. The van der Waals surface area contributed by atoms with Gasteiger partial charge in [0.25, 0.3) is 0 Å². The second kappa shape index (κ2) is 6.01. The molecule has 2 aromatic carbocycles. The number of hydrogen-bond acceptors (Lipinski definition) is 2. The quantitative estimate of drug-likeness (QED) is 0.899. The van der Waals surface area contributed by atoms with Crippen LogP contribution in [-0.2, 0) is 0 Å². The van der Waals surface area contributed by atoms with E-state index in [9.17, 15) is 9.65 Å². The van der Waals surface area contributed by atoms with Crippen molar-refractivity contribution in [2.45, 2.75) is 12.8 Å². The molecule has 0 fully saturated rings. The van der Waals surface area contributed by atoms with Gasteiger partial charge in [0.15, 0.2) is 0 Å². The van der Waals surface area contributed by atoms with E-state index in [1.54, 1.807) is 12.1 Å². The van der Waals surface area contributed by atoms with E-state index in [1.807, 2.05) is 37.3 Å². The minimum absolute atomic E-state index is 0.291. The predicted molar refractivity (Wildman–Crippen MR) is 74.4 cm³/mol. The van der Waals surface area contributed by atoms with E-state index in [1.165, 1.54) is 6.07 Å². The lowest BCUT2D eigenvalue weighted by Gasteiger charge is -2.13. The van der Waals surface area contributed by atoms with Gasteiger partial charge in [-0.1, -0.05) is 36.4 Å². The molecule has 0 saturated carbocycles. The van der Waals surface area contributed by atoms with Crippen LogP contribution in [0.15, 0.2) is 48.5 Å². The van der Waals surface area contributed by atoms with Gasteiger partial charge in [-0.05, 0) is 30.2 Å². The Hall–Kier alpha value is -2.34. The maximum Gasteiger partial charge on any atom is 0.146 e. The fourth-order valence-electron chi connectivity index (χ4n) is 1.91. The summed E-state index contributed by atoms with van der Waals surface area (Å²) in [5, 5.41) is 12.2. The Bertz CT molecular complexity index is 587. The van der Waals surface area contributed by atoms with Gasteiger partial charge in [0, 0.05) is 6.54 Å². The number of rotatable bonds is 4. The zero-order valence-electron chi connectivity index (χ0n) is 10.7. The van der Waals surface area contributed by atoms with Crippen molar-refractivity contribution >= 4 is 5.69 Å². The fourth-order valence-corrected chi connectivity index (χ4v) is 1.91. The van der Waals surface area contributed by atoms with Gasteiger partial charge in [-0.25, -0.2) is 4.39 Å². The largest absolute Gasteiger partial charge is 0.381 e. The first kappa shape index (κ1) is 13.1. The van der Waals surface area contributed by atoms with Crippen molar-refractivity contribution < 1.29 is 4.39 Å². The van der Waals surface area contributed by atoms with E-state index >= 15 is 0 Å². The summed E-state index contributed by atoms with van der Waals surface area (Å²) in [6, 6.07) is 16.6. The van der Waals surface area contributed by atoms with Crippen molar-refractivity contribution in [3.8, 4) is 6.07 Å². The number of halogens is 1. The van der Waals surface area contributed by atoms with Crippen LogP contribution in [0.4, 0.5) is 10.1 Å². The van der Waals surface area contributed by atoms with Crippen LogP contribution >= 0.6 is 0 Å². The van der Waals surface area contributed by atoms with E-state index in [4.69, 9.17) is 0 Å². The maximum absolute atomic E-state index is 13.6. The second-order valence-electron chi connectivity index (χ2n) is 4.46. The van der Waals surface area contributed by atoms with Crippen LogP contribution in [0.2, 0.25) is 0 Å². The zero-order chi connectivity index (χ0) is 13.7. The molecular formula is C16H15FN2. The van der Waals surface area contributed by atoms with E-state index in [-0.39, 0.29) is 11.7 Å². The van der Waals surface area contributed by atoms with Crippen molar-refractivity contribution in [3.05, 3.63) is 65.5 Å². The zero-order valence-corrected chi connectivity index (χ0v) is 10.7. The Morgan fingerprint density at radius 3 is 2.63 bits per heavy atom. The molecule has 1 atom stereocenters. The number of hydrogen-bond donors (Lipinski definition) is 1. The van der Waals surface area contributed by atoms with Gasteiger partial charge in [0.05, 0.1) is 17.7 Å². The van der Waals surface area contributed by atoms with Gasteiger partial charge >= 0.3 is 0 Å². The molecule has 0 spiro atoms. The summed E-state index contributed by atoms with van der Waals surface area (Å²) >= 11 is 0. The Labute approximate surface area is 112 Å². The number of nitrogens with one attached hydrogen (secondary N) is 1. The lowest BCUT2D eigenvalue weighted by atomic mass is 10.0. The molecule has 0 aliphatic carbocycles. The van der Waals surface area contributed by atoms with Crippen LogP contribution in [0.25, 0.3) is 0 Å². The fraction of sp³-hybridized carbons (Fsp3) is 0.188. The topological polar surface area (TPSA) is 35.8 Å². The monoisotopic (exact) mass is 254 g/mol. The summed E-state index contributed by atoms with van der Waals surface area (Å²) < 4.78 is 13.6. The minimum atomic E-state index is -0.296. The third-order valence-corrected chi connectivity index (χ3v) is 2.98. The van der Waals surface area contributed by atoms with E-state index in [0.717, 1.165) is 11.1 Å². The van der Waals surface area contributed by atoms with Gasteiger partial charge in [0.1, 0.15) is 5.82 Å². The first-order valence-corrected chi connectivity index (χ1v) is 6.15. The highest BCUT2D eigenvalue weighted by Crippen LogP contribution is 2.19. The Balaban J connectivity index is 2.09. The Morgan fingerprint density at radius 1 is 1.21 bits per heavy atom. The summed E-state index contributed by atoms with van der Waals surface area (Å²) in [4.78, 5) is 0. The van der Waals surface area contributed by atoms with Crippen LogP contribution in [-0.4, -0.2) is 6.54 Å². The Kier molecular flexibility index (Phi) is 4.15. The number of benzene rings is 2. The molecule has 0 radical (unpaired) electrons. The lowest BCUT2D eigenvalue weighted by Crippen LogP contribution is -2.12. The second-order valence-corrected chi connectivity index (χ2v) is 4.46. The summed E-state index contributed by atoms with van der Waals surface area (Å²) in [7, 11) is 0. The van der Waals surface area contributed by atoms with Gasteiger partial charge in [0.2, 0.25) is 0 Å². The normalized spacial score (nSPS) is 11.6. The van der Waals surface area contributed by atoms with Gasteiger partial charge in [-0.15, -0.1) is 0 Å². The average Bonchev–Trinajstić information content (AvgIpc) is 2.44. The molecule has 1 unspecified atom stereocenters. The van der Waals surface area contributed by atoms with E-state index in [0.29, 0.717) is 12.2 Å².